The number of likely N-dealkylation sites (N-methyl/N-ethyl adjacent to an activating group) is 1. The summed E-state index contributed by atoms with van der Waals surface area (Å²) in [5, 5.41) is 13.4. The number of nitriles is 1. The number of pyridine rings is 1. The summed E-state index contributed by atoms with van der Waals surface area (Å²) in [5.74, 6) is 0.981. The highest BCUT2D eigenvalue weighted by Gasteiger charge is 2.51. The molecule has 0 aliphatic carbocycles. The van der Waals surface area contributed by atoms with Crippen LogP contribution in [0.25, 0.3) is 44.0 Å². The van der Waals surface area contributed by atoms with E-state index in [4.69, 9.17) is 25.6 Å². The van der Waals surface area contributed by atoms with Crippen LogP contribution >= 0.6 is 0 Å². The van der Waals surface area contributed by atoms with Gasteiger partial charge in [-0.05, 0) is 68.5 Å². The first-order valence-corrected chi connectivity index (χ1v) is 23.6. The Morgan fingerprint density at radius 2 is 1.86 bits per heavy atom. The van der Waals surface area contributed by atoms with Crippen LogP contribution in [-0.2, 0) is 21.4 Å². The molecule has 4 atom stereocenters. The number of hydrogen-bond acceptors (Lipinski definition) is 13. The maximum absolute atomic E-state index is 17.1. The van der Waals surface area contributed by atoms with E-state index in [1.807, 2.05) is 4.90 Å². The van der Waals surface area contributed by atoms with Crippen LogP contribution in [0, 0.1) is 41.2 Å². The Labute approximate surface area is 400 Å². The number of benzene rings is 3. The van der Waals surface area contributed by atoms with E-state index in [0.717, 1.165) is 25.7 Å². The van der Waals surface area contributed by atoms with Crippen molar-refractivity contribution in [3.63, 3.8) is 0 Å². The average molecular weight is 953 g/mol. The molecule has 4 fully saturated rings. The number of carbonyl (C=O) groups is 3. The average Bonchev–Trinajstić information content (AvgIpc) is 3.92. The monoisotopic (exact) mass is 952 g/mol. The van der Waals surface area contributed by atoms with Gasteiger partial charge in [0.15, 0.2) is 12.0 Å². The highest BCUT2D eigenvalue weighted by molar-refractivity contribution is 6.02. The van der Waals surface area contributed by atoms with Crippen molar-refractivity contribution >= 4 is 56.4 Å². The predicted molar refractivity (Wildman–Crippen MR) is 254 cm³/mol. The summed E-state index contributed by atoms with van der Waals surface area (Å²) in [6, 6.07) is 14.7. The van der Waals surface area contributed by atoms with Crippen LogP contribution < -0.4 is 25.4 Å². The summed E-state index contributed by atoms with van der Waals surface area (Å²) in [4.78, 5) is 70.8. The van der Waals surface area contributed by atoms with Gasteiger partial charge in [-0.2, -0.15) is 15.2 Å². The quantitative estimate of drug-likeness (QED) is 0.112. The largest absolute Gasteiger partial charge is 0.492 e. The fraction of sp³-hybridized carbons (Fsp3) is 0.412. The molecule has 4 aliphatic heterocycles. The smallest absolute Gasteiger partial charge is 0.411 e. The van der Waals surface area contributed by atoms with E-state index in [-0.39, 0.29) is 72.9 Å². The molecule has 7 heterocycles. The number of carbonyl (C=O) groups excluding carboxylic acids is 3. The molecule has 4 aliphatic rings. The van der Waals surface area contributed by atoms with Crippen LogP contribution in [0.15, 0.2) is 59.5 Å². The minimum absolute atomic E-state index is 0.00318. The van der Waals surface area contributed by atoms with Crippen molar-refractivity contribution < 1.29 is 37.4 Å². The van der Waals surface area contributed by atoms with E-state index < -0.39 is 41.4 Å². The molecule has 19 heteroatoms. The number of halogens is 2. The Kier molecular flexibility index (Phi) is 12.3. The van der Waals surface area contributed by atoms with Crippen molar-refractivity contribution in [2.24, 2.45) is 13.0 Å². The number of rotatable bonds is 11. The van der Waals surface area contributed by atoms with Crippen molar-refractivity contribution in [1.29, 1.82) is 5.26 Å². The predicted octanol–water partition coefficient (Wildman–Crippen LogP) is 6.35. The number of imide groups is 1. The molecule has 3 aromatic carbocycles. The number of piperidine rings is 1. The van der Waals surface area contributed by atoms with Gasteiger partial charge >= 0.3 is 17.8 Å². The number of nitrogens with zero attached hydrogens (tertiary/aromatic N) is 9. The lowest BCUT2D eigenvalue weighted by molar-refractivity contribution is -0.135. The number of hydrogen-bond donors (Lipinski definition) is 1. The van der Waals surface area contributed by atoms with E-state index in [2.05, 4.69) is 32.2 Å². The number of nitrogens with one attached hydrogen (secondary N) is 1. The molecule has 0 saturated carbocycles. The first-order valence-electron chi connectivity index (χ1n) is 23.6. The number of amides is 3. The third-order valence-electron chi connectivity index (χ3n) is 14.4. The summed E-state index contributed by atoms with van der Waals surface area (Å²) >= 11 is 0. The molecule has 6 aromatic rings. The molecule has 17 nitrogen and oxygen atoms in total. The van der Waals surface area contributed by atoms with Crippen molar-refractivity contribution in [2.45, 2.75) is 75.6 Å². The molecule has 0 radical (unpaired) electrons. The highest BCUT2D eigenvalue weighted by atomic mass is 19.1. The normalized spacial score (nSPS) is 21.6. The van der Waals surface area contributed by atoms with E-state index >= 15 is 8.78 Å². The van der Waals surface area contributed by atoms with Gasteiger partial charge in [-0.15, -0.1) is 6.42 Å². The maximum Gasteiger partial charge on any atom is 0.411 e. The minimum Gasteiger partial charge on any atom is -0.492 e. The van der Waals surface area contributed by atoms with Crippen LogP contribution in [0.2, 0.25) is 0 Å². The van der Waals surface area contributed by atoms with Crippen LogP contribution in [0.1, 0.15) is 69.4 Å². The third kappa shape index (κ3) is 8.27. The molecular formula is C51H50F2N10O7. The number of imidazole rings is 1. The van der Waals surface area contributed by atoms with Crippen LogP contribution in [0.3, 0.4) is 0 Å². The summed E-state index contributed by atoms with van der Waals surface area (Å²) in [6.45, 7) is 2.21. The van der Waals surface area contributed by atoms with Gasteiger partial charge in [-0.3, -0.25) is 33.9 Å². The summed E-state index contributed by atoms with van der Waals surface area (Å²) < 4.78 is 53.6. The van der Waals surface area contributed by atoms with E-state index in [1.165, 1.54) is 26.3 Å². The fourth-order valence-corrected chi connectivity index (χ4v) is 10.7. The molecule has 3 aromatic heterocycles. The second kappa shape index (κ2) is 18.7. The van der Waals surface area contributed by atoms with Gasteiger partial charge in [-0.25, -0.2) is 18.4 Å². The van der Waals surface area contributed by atoms with Crippen molar-refractivity contribution in [3.8, 4) is 41.4 Å². The molecule has 2 unspecified atom stereocenters. The number of aromatic nitrogens is 5. The third-order valence-corrected chi connectivity index (χ3v) is 14.4. The molecular weight excluding hydrogens is 903 g/mol. The Morgan fingerprint density at radius 1 is 1.00 bits per heavy atom. The van der Waals surface area contributed by atoms with E-state index in [0.29, 0.717) is 83.2 Å². The standard InChI is InChI=1S/C51H50F2N10O7/c1-4-33-36(52)13-11-31-9-5-10-34(42(31)33)44-43(53)45-35(28-55-44)46(61-21-6-8-30(27-54)18-23-61)58-48(57-45)69-29-51-19-7-22-62(51)41(17-20-51)70-50(67)59(2)24-25-68-32-12-14-37-39(26-32)60(3)49(66)63(37)38-15-16-40(64)56-47(38)65/h1,5,9-14,26,28,30,38,41H,6-8,15-25,29H2,2-3H3,(H,56,64,65)/t30?,38?,41-,51-/m0/s1. The first-order chi connectivity index (χ1) is 33.9. The molecule has 10 rings (SSSR count). The summed E-state index contributed by atoms with van der Waals surface area (Å²) in [5.41, 5.74) is 0.425. The van der Waals surface area contributed by atoms with Crippen LogP contribution in [0.5, 0.6) is 11.8 Å². The van der Waals surface area contributed by atoms with E-state index in [1.54, 1.807) is 56.6 Å². The number of fused-ring (bicyclic) bond motifs is 4. The summed E-state index contributed by atoms with van der Waals surface area (Å²) in [7, 11) is 3.23. The van der Waals surface area contributed by atoms with Gasteiger partial charge in [0.2, 0.25) is 11.8 Å². The number of ether oxygens (including phenoxy) is 3. The Balaban J connectivity index is 0.839. The molecule has 1 N–H and O–H groups in total. The molecule has 0 spiro atoms. The summed E-state index contributed by atoms with van der Waals surface area (Å²) in [6.07, 6.45) is 11.5. The minimum atomic E-state index is -0.805. The van der Waals surface area contributed by atoms with Crippen LogP contribution in [0.4, 0.5) is 19.4 Å². The van der Waals surface area contributed by atoms with E-state index in [9.17, 15) is 24.4 Å². The van der Waals surface area contributed by atoms with Gasteiger partial charge < -0.3 is 24.0 Å². The number of anilines is 1. The lowest BCUT2D eigenvalue weighted by atomic mass is 9.95. The van der Waals surface area contributed by atoms with Crippen molar-refractivity contribution in [2.75, 3.05) is 51.3 Å². The zero-order chi connectivity index (χ0) is 48.8. The van der Waals surface area contributed by atoms with Gasteiger partial charge in [0.1, 0.15) is 47.9 Å². The fourth-order valence-electron chi connectivity index (χ4n) is 10.7. The maximum atomic E-state index is 17.1. The molecule has 360 valence electrons. The van der Waals surface area contributed by atoms with Gasteiger partial charge in [-0.1, -0.05) is 30.2 Å². The van der Waals surface area contributed by atoms with Gasteiger partial charge in [0.25, 0.3) is 0 Å². The highest BCUT2D eigenvalue weighted by Crippen LogP contribution is 2.44. The number of terminal acetylenes is 1. The van der Waals surface area contributed by atoms with Crippen molar-refractivity contribution in [3.05, 3.63) is 82.4 Å². The lowest BCUT2D eigenvalue weighted by Gasteiger charge is -2.34. The Hall–Kier alpha value is -7.64. The number of aryl methyl sites for hydroxylation is 1. The topological polar surface area (TPSA) is 190 Å². The Bertz CT molecular complexity index is 3250. The molecule has 4 saturated heterocycles. The SMILES string of the molecule is C#Cc1c(F)ccc2cccc(-c3ncc4c(N5CCCC(C#N)CC5)nc(OC[C@@]56CCCN5[C@@H](OC(=O)N(C)CCOc5ccc7c(c5)n(C)c(=O)n7C5CCC(=O)NC5=O)CC6)nc4c3F)c12. The molecule has 70 heavy (non-hydrogen) atoms. The van der Waals surface area contributed by atoms with Gasteiger partial charge in [0, 0.05) is 75.7 Å². The molecule has 0 bridgehead atoms. The van der Waals surface area contributed by atoms with Crippen molar-refractivity contribution in [1.82, 2.24) is 39.2 Å². The lowest BCUT2D eigenvalue weighted by Crippen LogP contribution is -2.48. The first kappa shape index (κ1) is 46.1. The molecule has 3 amide bonds. The van der Waals surface area contributed by atoms with Crippen LogP contribution in [-0.4, -0.2) is 110 Å². The Morgan fingerprint density at radius 3 is 2.67 bits per heavy atom. The zero-order valence-corrected chi connectivity index (χ0v) is 38.8. The van der Waals surface area contributed by atoms with Gasteiger partial charge in [0.05, 0.1) is 40.1 Å². The second-order valence-corrected chi connectivity index (χ2v) is 18.5. The zero-order valence-electron chi connectivity index (χ0n) is 38.8. The second-order valence-electron chi connectivity index (χ2n) is 18.5.